The van der Waals surface area contributed by atoms with Gasteiger partial charge in [-0.15, -0.1) is 0 Å². The van der Waals surface area contributed by atoms with Gasteiger partial charge in [-0.25, -0.2) is 4.79 Å². The molecule has 8 heteroatoms. The Morgan fingerprint density at radius 1 is 1.16 bits per heavy atom. The van der Waals surface area contributed by atoms with Crippen molar-refractivity contribution in [3.8, 4) is 28.6 Å². The molecule has 2 N–H and O–H groups in total. The smallest absolute Gasteiger partial charge is 0.344 e. The van der Waals surface area contributed by atoms with Crippen molar-refractivity contribution < 1.29 is 33.6 Å². The van der Waals surface area contributed by atoms with Crippen LogP contribution in [-0.2, 0) is 9.53 Å². The lowest BCUT2D eigenvalue weighted by Gasteiger charge is -2.12. The lowest BCUT2D eigenvalue weighted by atomic mass is 10.1. The molecule has 1 aromatic heterocycles. The number of aliphatic hydroxyl groups is 1. The number of fused-ring (bicyclic) bond motifs is 1. The molecule has 0 spiro atoms. The van der Waals surface area contributed by atoms with Crippen molar-refractivity contribution in [2.75, 3.05) is 20.3 Å². The van der Waals surface area contributed by atoms with E-state index in [0.717, 1.165) is 6.26 Å². The fourth-order valence-corrected chi connectivity index (χ4v) is 2.60. The summed E-state index contributed by atoms with van der Waals surface area (Å²) >= 11 is 0. The number of rotatable bonds is 6. The number of phenolic OH excluding ortho intramolecular Hbond substituents is 1. The number of phenols is 1. The summed E-state index contributed by atoms with van der Waals surface area (Å²) in [6, 6.07) is 11.3. The Bertz CT molecular complexity index is 1090. The Kier molecular flexibility index (Phi) is 8.51. The summed E-state index contributed by atoms with van der Waals surface area (Å²) in [6.45, 7) is 3.16. The third-order valence-corrected chi connectivity index (χ3v) is 4.00. The highest BCUT2D eigenvalue weighted by atomic mass is 16.6. The average molecular weight is 428 g/mol. The molecule has 3 rings (SSSR count). The van der Waals surface area contributed by atoms with Gasteiger partial charge < -0.3 is 28.8 Å². The number of methoxy groups -OCH3 is 1. The van der Waals surface area contributed by atoms with Gasteiger partial charge >= 0.3 is 5.97 Å². The van der Waals surface area contributed by atoms with Gasteiger partial charge in [0.1, 0.15) is 22.5 Å². The highest BCUT2D eigenvalue weighted by Crippen LogP contribution is 2.34. The summed E-state index contributed by atoms with van der Waals surface area (Å²) < 4.78 is 21.2. The van der Waals surface area contributed by atoms with Crippen LogP contribution in [0.5, 0.6) is 17.2 Å². The van der Waals surface area contributed by atoms with Gasteiger partial charge in [0.2, 0.25) is 11.2 Å². The van der Waals surface area contributed by atoms with E-state index in [2.05, 4.69) is 0 Å². The van der Waals surface area contributed by atoms with E-state index in [1.165, 1.54) is 6.07 Å². The minimum Gasteiger partial charge on any atom is -0.516 e. The van der Waals surface area contributed by atoms with Gasteiger partial charge in [-0.05, 0) is 50.2 Å². The molecule has 0 aliphatic carbocycles. The molecular formula is C23H24O8. The minimum absolute atomic E-state index is 0.0198. The van der Waals surface area contributed by atoms with Crippen LogP contribution in [0.25, 0.3) is 22.3 Å². The lowest BCUT2D eigenvalue weighted by Crippen LogP contribution is -2.18. The largest absolute Gasteiger partial charge is 0.516 e. The van der Waals surface area contributed by atoms with Crippen LogP contribution in [0.2, 0.25) is 0 Å². The van der Waals surface area contributed by atoms with Crippen LogP contribution in [0.3, 0.4) is 0 Å². The van der Waals surface area contributed by atoms with Gasteiger partial charge in [-0.3, -0.25) is 4.79 Å². The van der Waals surface area contributed by atoms with Crippen molar-refractivity contribution >= 4 is 16.9 Å². The molecule has 0 unspecified atom stereocenters. The van der Waals surface area contributed by atoms with Gasteiger partial charge in [-0.2, -0.15) is 0 Å². The monoisotopic (exact) mass is 428 g/mol. The Labute approximate surface area is 178 Å². The van der Waals surface area contributed by atoms with Gasteiger partial charge in [0, 0.05) is 5.56 Å². The first kappa shape index (κ1) is 23.3. The molecule has 0 saturated heterocycles. The van der Waals surface area contributed by atoms with Gasteiger partial charge in [0.05, 0.1) is 20.0 Å². The average Bonchev–Trinajstić information content (AvgIpc) is 2.78. The Morgan fingerprint density at radius 3 is 2.42 bits per heavy atom. The van der Waals surface area contributed by atoms with Gasteiger partial charge in [0.15, 0.2) is 12.4 Å². The van der Waals surface area contributed by atoms with Gasteiger partial charge in [0.25, 0.3) is 0 Å². The molecule has 8 nitrogen and oxygen atoms in total. The number of allylic oxidation sites excluding steroid dienone is 1. The number of hydrogen-bond donors (Lipinski definition) is 2. The standard InChI is InChI=1S/C20H18O7.C3H6O/c1-3-25-16(22)11-26-20-18(23)17-14(21)5-4-6-15(17)27-19(20)12-7-9-13(24-2)10-8-12;1-2-3-4/h4-10,21H,3,11H2,1-2H3;2-4H,1H3. The molecule has 0 radical (unpaired) electrons. The number of carbonyl (C=O) groups is 1. The molecular weight excluding hydrogens is 404 g/mol. The predicted octanol–water partition coefficient (Wildman–Crippen LogP) is 4.19. The van der Waals surface area contributed by atoms with Crippen LogP contribution in [0.15, 0.2) is 64.0 Å². The van der Waals surface area contributed by atoms with Crippen LogP contribution < -0.4 is 14.9 Å². The van der Waals surface area contributed by atoms with Crippen LogP contribution in [0, 0.1) is 0 Å². The number of carbonyl (C=O) groups excluding carboxylic acids is 1. The molecule has 0 bridgehead atoms. The molecule has 1 heterocycles. The first-order valence-corrected chi connectivity index (χ1v) is 9.43. The zero-order chi connectivity index (χ0) is 22.8. The summed E-state index contributed by atoms with van der Waals surface area (Å²) in [5.41, 5.74) is 0.177. The van der Waals surface area contributed by atoms with Crippen molar-refractivity contribution in [3.05, 3.63) is 65.0 Å². The fourth-order valence-electron chi connectivity index (χ4n) is 2.60. The summed E-state index contributed by atoms with van der Waals surface area (Å²) in [7, 11) is 1.54. The van der Waals surface area contributed by atoms with E-state index in [9.17, 15) is 14.7 Å². The van der Waals surface area contributed by atoms with Gasteiger partial charge in [-0.1, -0.05) is 12.1 Å². The molecule has 31 heavy (non-hydrogen) atoms. The van der Waals surface area contributed by atoms with Crippen LogP contribution in [0.4, 0.5) is 0 Å². The summed E-state index contributed by atoms with van der Waals surface area (Å²) in [5, 5.41) is 17.7. The molecule has 0 saturated carbocycles. The highest BCUT2D eigenvalue weighted by molar-refractivity contribution is 5.87. The summed E-state index contributed by atoms with van der Waals surface area (Å²) in [6.07, 6.45) is 2.56. The number of benzene rings is 2. The molecule has 2 aromatic carbocycles. The number of hydrogen-bond acceptors (Lipinski definition) is 8. The van der Waals surface area contributed by atoms with Crippen molar-refractivity contribution in [1.82, 2.24) is 0 Å². The van der Waals surface area contributed by atoms with E-state index in [0.29, 0.717) is 11.3 Å². The van der Waals surface area contributed by atoms with E-state index in [-0.39, 0.29) is 34.8 Å². The van der Waals surface area contributed by atoms with E-state index < -0.39 is 18.0 Å². The Balaban J connectivity index is 0.000000785. The van der Waals surface area contributed by atoms with Crippen molar-refractivity contribution in [3.63, 3.8) is 0 Å². The number of esters is 1. The summed E-state index contributed by atoms with van der Waals surface area (Å²) in [5.74, 6) is -0.251. The lowest BCUT2D eigenvalue weighted by molar-refractivity contribution is -0.145. The van der Waals surface area contributed by atoms with Crippen LogP contribution >= 0.6 is 0 Å². The van der Waals surface area contributed by atoms with E-state index in [4.69, 9.17) is 23.7 Å². The fraction of sp³-hybridized carbons (Fsp3) is 0.217. The molecule has 0 aliphatic rings. The predicted molar refractivity (Wildman–Crippen MR) is 116 cm³/mol. The molecule has 0 fully saturated rings. The van der Waals surface area contributed by atoms with Crippen molar-refractivity contribution in [2.45, 2.75) is 13.8 Å². The maximum Gasteiger partial charge on any atom is 0.344 e. The van der Waals surface area contributed by atoms with Crippen LogP contribution in [-0.4, -0.2) is 36.5 Å². The Hall–Kier alpha value is -3.94. The Morgan fingerprint density at radius 2 is 1.84 bits per heavy atom. The summed E-state index contributed by atoms with van der Waals surface area (Å²) in [4.78, 5) is 24.6. The quantitative estimate of drug-likeness (QED) is 0.443. The molecule has 164 valence electrons. The number of ether oxygens (including phenoxy) is 3. The molecule has 0 amide bonds. The van der Waals surface area contributed by atoms with Crippen molar-refractivity contribution in [2.24, 2.45) is 0 Å². The third kappa shape index (κ3) is 5.79. The van der Waals surface area contributed by atoms with Crippen molar-refractivity contribution in [1.29, 1.82) is 0 Å². The van der Waals surface area contributed by atoms with E-state index in [1.807, 2.05) is 0 Å². The SMILES string of the molecule is CC=CO.CCOC(=O)COc1c(-c2ccc(OC)cc2)oc2cccc(O)c2c1=O. The first-order chi connectivity index (χ1) is 15.0. The van der Waals surface area contributed by atoms with E-state index in [1.54, 1.807) is 63.4 Å². The number of aromatic hydroxyl groups is 1. The first-order valence-electron chi connectivity index (χ1n) is 9.43. The molecule has 0 atom stereocenters. The topological polar surface area (TPSA) is 115 Å². The highest BCUT2D eigenvalue weighted by Gasteiger charge is 2.21. The molecule has 3 aromatic rings. The van der Waals surface area contributed by atoms with E-state index >= 15 is 0 Å². The maximum absolute atomic E-state index is 12.9. The zero-order valence-corrected chi connectivity index (χ0v) is 17.5. The second-order valence-corrected chi connectivity index (χ2v) is 6.04. The minimum atomic E-state index is -0.616. The third-order valence-electron chi connectivity index (χ3n) is 4.00. The zero-order valence-electron chi connectivity index (χ0n) is 17.5. The second kappa shape index (κ2) is 11.3. The maximum atomic E-state index is 12.9. The second-order valence-electron chi connectivity index (χ2n) is 6.04. The number of aliphatic hydroxyl groups excluding tert-OH is 1. The van der Waals surface area contributed by atoms with Crippen LogP contribution in [0.1, 0.15) is 13.8 Å². The molecule has 0 aliphatic heterocycles. The normalized spacial score (nSPS) is 10.4.